The Morgan fingerprint density at radius 3 is 2.67 bits per heavy atom. The van der Waals surface area contributed by atoms with Crippen molar-refractivity contribution < 1.29 is 15.0 Å². The van der Waals surface area contributed by atoms with Crippen LogP contribution in [0.25, 0.3) is 0 Å². The second-order valence-corrected chi connectivity index (χ2v) is 14.0. The predicted octanol–water partition coefficient (Wildman–Crippen LogP) is 5.42. The number of hydrogen-bond donors (Lipinski definition) is 3. The number of piperidine rings is 2. The van der Waals surface area contributed by atoms with Gasteiger partial charge in [0.1, 0.15) is 12.0 Å². The molecule has 5 nitrogen and oxygen atoms in total. The molecule has 3 saturated heterocycles. The molecule has 4 aliphatic heterocycles. The van der Waals surface area contributed by atoms with Crippen molar-refractivity contribution in [3.05, 3.63) is 47.5 Å². The summed E-state index contributed by atoms with van der Waals surface area (Å²) in [6.07, 6.45) is 20.2. The molecule has 0 amide bonds. The Bertz CT molecular complexity index is 1070. The van der Waals surface area contributed by atoms with Gasteiger partial charge in [0.25, 0.3) is 0 Å². The molecule has 13 atom stereocenters. The summed E-state index contributed by atoms with van der Waals surface area (Å²) in [5.41, 5.74) is 1.36. The standard InChI is InChI=1S/C34H48N2O3/c1-2-3-4-6-21-7-5-8-24(19-21)31(23-11-9-22(20-37)10-12-23)33-26-14-18-30-34(39,36(30)33)32(26)28-15-13-25-27(35-28)16-17-29(25)38/h9-12,14,18,20-21,24-33,35,38-39H,2-8,13,15-17,19H2,1H3/t21-,24+,25+,26+,27-,28-,29+,30-,31+,32-,33+,34-,36?/m1/s1. The van der Waals surface area contributed by atoms with E-state index < -0.39 is 5.72 Å². The summed E-state index contributed by atoms with van der Waals surface area (Å²) in [7, 11) is 0. The lowest BCUT2D eigenvalue weighted by Gasteiger charge is -2.45. The van der Waals surface area contributed by atoms with Crippen molar-refractivity contribution in [2.45, 2.75) is 126 Å². The van der Waals surface area contributed by atoms with Crippen LogP contribution < -0.4 is 5.32 Å². The lowest BCUT2D eigenvalue weighted by molar-refractivity contribution is 0.0130. The van der Waals surface area contributed by atoms with Gasteiger partial charge in [-0.2, -0.15) is 0 Å². The van der Waals surface area contributed by atoms with Gasteiger partial charge in [-0.25, -0.2) is 0 Å². The zero-order valence-corrected chi connectivity index (χ0v) is 23.6. The summed E-state index contributed by atoms with van der Waals surface area (Å²) < 4.78 is 0. The first kappa shape index (κ1) is 26.4. The normalized spacial score (nSPS) is 46.6. The van der Waals surface area contributed by atoms with E-state index in [2.05, 4.69) is 41.4 Å². The molecule has 4 heterocycles. The highest BCUT2D eigenvalue weighted by Crippen LogP contribution is 2.66. The fraction of sp³-hybridized carbons (Fsp3) is 0.735. The van der Waals surface area contributed by atoms with Gasteiger partial charge in [0.2, 0.25) is 0 Å². The van der Waals surface area contributed by atoms with E-state index in [0.717, 1.165) is 43.5 Å². The minimum atomic E-state index is -0.734. The van der Waals surface area contributed by atoms with E-state index in [4.69, 9.17) is 0 Å². The average Bonchev–Trinajstić information content (AvgIpc) is 3.31. The monoisotopic (exact) mass is 532 g/mol. The maximum atomic E-state index is 12.2. The summed E-state index contributed by atoms with van der Waals surface area (Å²) in [5.74, 6) is 2.72. The number of carbonyl (C=O) groups is 1. The van der Waals surface area contributed by atoms with Crippen LogP contribution in [0, 0.1) is 29.6 Å². The van der Waals surface area contributed by atoms with Crippen LogP contribution in [0.15, 0.2) is 36.4 Å². The van der Waals surface area contributed by atoms with Gasteiger partial charge >= 0.3 is 0 Å². The van der Waals surface area contributed by atoms with Gasteiger partial charge in [-0.05, 0) is 55.9 Å². The van der Waals surface area contributed by atoms with E-state index in [1.54, 1.807) is 0 Å². The van der Waals surface area contributed by atoms with Gasteiger partial charge in [0.15, 0.2) is 0 Å². The maximum Gasteiger partial charge on any atom is 0.150 e. The van der Waals surface area contributed by atoms with E-state index in [0.29, 0.717) is 41.8 Å². The molecule has 1 unspecified atom stereocenters. The van der Waals surface area contributed by atoms with Crippen LogP contribution in [0.3, 0.4) is 0 Å². The van der Waals surface area contributed by atoms with E-state index >= 15 is 0 Å². The van der Waals surface area contributed by atoms with Gasteiger partial charge in [-0.15, -0.1) is 0 Å². The van der Waals surface area contributed by atoms with E-state index in [1.807, 2.05) is 12.1 Å². The fourth-order valence-electron chi connectivity index (χ4n) is 10.3. The van der Waals surface area contributed by atoms with Crippen LogP contribution in [0.2, 0.25) is 0 Å². The van der Waals surface area contributed by atoms with E-state index in [1.165, 1.54) is 56.9 Å². The zero-order chi connectivity index (χ0) is 26.7. The lowest BCUT2D eigenvalue weighted by atomic mass is 9.63. The molecular weight excluding hydrogens is 484 g/mol. The molecule has 2 saturated carbocycles. The summed E-state index contributed by atoms with van der Waals surface area (Å²) in [6, 6.07) is 9.57. The molecule has 7 aliphatic rings. The highest BCUT2D eigenvalue weighted by atomic mass is 16.3. The summed E-state index contributed by atoms with van der Waals surface area (Å²) in [6.45, 7) is 2.29. The first-order valence-corrected chi connectivity index (χ1v) is 16.2. The van der Waals surface area contributed by atoms with Crippen molar-refractivity contribution >= 4 is 6.29 Å². The molecule has 4 bridgehead atoms. The smallest absolute Gasteiger partial charge is 0.150 e. The molecule has 3 aliphatic carbocycles. The number of nitrogens with one attached hydrogen (secondary N) is 1. The minimum absolute atomic E-state index is 0.131. The molecule has 1 aromatic carbocycles. The van der Waals surface area contributed by atoms with Crippen molar-refractivity contribution in [2.24, 2.45) is 29.6 Å². The van der Waals surface area contributed by atoms with Gasteiger partial charge in [-0.1, -0.05) is 81.9 Å². The van der Waals surface area contributed by atoms with Gasteiger partial charge in [-0.3, -0.25) is 9.69 Å². The number of unbranched alkanes of at least 4 members (excludes halogenated alkanes) is 2. The van der Waals surface area contributed by atoms with E-state index in [-0.39, 0.29) is 18.1 Å². The number of aliphatic hydroxyl groups excluding tert-OH is 1. The fourth-order valence-corrected chi connectivity index (χ4v) is 10.3. The zero-order valence-electron chi connectivity index (χ0n) is 23.6. The summed E-state index contributed by atoms with van der Waals surface area (Å²) in [4.78, 5) is 13.9. The molecule has 212 valence electrons. The number of hydrogen-bond acceptors (Lipinski definition) is 5. The second kappa shape index (κ2) is 10.4. The van der Waals surface area contributed by atoms with Crippen LogP contribution in [0.4, 0.5) is 0 Å². The van der Waals surface area contributed by atoms with Crippen molar-refractivity contribution in [1.82, 2.24) is 10.2 Å². The van der Waals surface area contributed by atoms with Gasteiger partial charge < -0.3 is 15.5 Å². The van der Waals surface area contributed by atoms with E-state index in [9.17, 15) is 15.0 Å². The quantitative estimate of drug-likeness (QED) is 0.171. The highest BCUT2D eigenvalue weighted by molar-refractivity contribution is 5.74. The summed E-state index contributed by atoms with van der Waals surface area (Å²) in [5, 5.41) is 26.7. The maximum absolute atomic E-state index is 12.2. The highest BCUT2D eigenvalue weighted by Gasteiger charge is 2.79. The Morgan fingerprint density at radius 1 is 1.05 bits per heavy atom. The Hall–Kier alpha value is -1.53. The average molecular weight is 533 g/mol. The molecule has 0 aromatic heterocycles. The van der Waals surface area contributed by atoms with Crippen molar-refractivity contribution in [3.63, 3.8) is 0 Å². The topological polar surface area (TPSA) is 72.6 Å². The number of aldehydes is 1. The molecular formula is C34H48N2O3. The SMILES string of the molecule is CCCCC[C@@H]1CCC[C@H]([C@H](c2ccc(C=O)cc2)[C@@H]2[C@H]3C=C[C@H]4N2[C@]4(O)[C@H]3[C@H]2CC[C@@H]3[C@@H](O)CC[C@H]3N2)C1. The molecule has 0 radical (unpaired) electrons. The molecule has 5 heteroatoms. The Morgan fingerprint density at radius 2 is 1.87 bits per heavy atom. The third kappa shape index (κ3) is 4.29. The second-order valence-electron chi connectivity index (χ2n) is 14.0. The van der Waals surface area contributed by atoms with Crippen LogP contribution in [0.5, 0.6) is 0 Å². The molecule has 39 heavy (non-hydrogen) atoms. The Kier molecular flexibility index (Phi) is 7.02. The first-order valence-electron chi connectivity index (χ1n) is 16.2. The Balaban J connectivity index is 1.18. The van der Waals surface area contributed by atoms with Crippen molar-refractivity contribution in [3.8, 4) is 0 Å². The molecule has 0 spiro atoms. The number of benzene rings is 1. The Labute approximate surface area is 234 Å². The first-order chi connectivity index (χ1) is 19.0. The molecule has 1 aromatic rings. The number of nitrogens with zero attached hydrogens (tertiary/aromatic N) is 1. The largest absolute Gasteiger partial charge is 0.393 e. The van der Waals surface area contributed by atoms with Crippen LogP contribution in [0.1, 0.15) is 106 Å². The summed E-state index contributed by atoms with van der Waals surface area (Å²) >= 11 is 0. The third-order valence-electron chi connectivity index (χ3n) is 12.0. The van der Waals surface area contributed by atoms with Gasteiger partial charge in [0.05, 0.1) is 12.1 Å². The minimum Gasteiger partial charge on any atom is -0.393 e. The van der Waals surface area contributed by atoms with Crippen molar-refractivity contribution in [1.29, 1.82) is 0 Å². The lowest BCUT2D eigenvalue weighted by Crippen LogP contribution is -2.56. The van der Waals surface area contributed by atoms with Crippen LogP contribution in [-0.2, 0) is 0 Å². The number of aliphatic hydroxyl groups is 2. The predicted molar refractivity (Wildman–Crippen MR) is 153 cm³/mol. The molecule has 3 N–H and O–H groups in total. The van der Waals surface area contributed by atoms with Crippen LogP contribution in [-0.4, -0.2) is 57.4 Å². The van der Waals surface area contributed by atoms with Crippen molar-refractivity contribution in [2.75, 3.05) is 0 Å². The molecule has 8 rings (SSSR count). The third-order valence-corrected chi connectivity index (χ3v) is 12.0. The van der Waals surface area contributed by atoms with Gasteiger partial charge in [0, 0.05) is 47.4 Å². The number of fused-ring (bicyclic) bond motifs is 1. The number of carbonyl (C=O) groups excluding carboxylic acids is 1. The molecule has 5 fully saturated rings. The van der Waals surface area contributed by atoms with Crippen LogP contribution >= 0.6 is 0 Å². The number of rotatable bonds is 9.